The van der Waals surface area contributed by atoms with Crippen molar-refractivity contribution in [2.24, 2.45) is 11.3 Å². The van der Waals surface area contributed by atoms with E-state index in [2.05, 4.69) is 0 Å². The number of halogens is 3. The number of carbonyl (C=O) groups excluding carboxylic acids is 1. The topological polar surface area (TPSA) is 74.6 Å². The summed E-state index contributed by atoms with van der Waals surface area (Å²) in [6.07, 6.45) is 2.82. The van der Waals surface area contributed by atoms with E-state index in [0.29, 0.717) is 37.9 Å². The number of Topliss-reactive ketones (excluding diaryl/α,β-unsaturated/α-hetero) is 1. The Balaban J connectivity index is 2.41. The largest absolute Gasteiger partial charge is 0.481 e. The van der Waals surface area contributed by atoms with E-state index in [1.807, 2.05) is 13.8 Å². The minimum absolute atomic E-state index is 0.000699. The molecule has 1 fully saturated rings. The number of ketones is 1. The zero-order valence-corrected chi connectivity index (χ0v) is 20.6. The molecule has 0 bridgehead atoms. The van der Waals surface area contributed by atoms with Crippen LogP contribution >= 0.6 is 11.8 Å². The van der Waals surface area contributed by atoms with Gasteiger partial charge >= 0.3 is 12.1 Å². The van der Waals surface area contributed by atoms with Gasteiger partial charge in [0, 0.05) is 36.2 Å². The minimum Gasteiger partial charge on any atom is -0.481 e. The molecular weight excluding hydrogens is 441 g/mol. The summed E-state index contributed by atoms with van der Waals surface area (Å²) in [6, 6.07) is 0. The second-order valence-corrected chi connectivity index (χ2v) is 11.4. The molecule has 1 aliphatic rings. The van der Waals surface area contributed by atoms with Crippen molar-refractivity contribution in [2.75, 3.05) is 5.75 Å². The molecule has 0 spiro atoms. The number of carbonyl (C=O) groups is 2. The van der Waals surface area contributed by atoms with E-state index in [9.17, 15) is 27.9 Å². The number of hydrogen-bond donors (Lipinski definition) is 2. The molecule has 0 radical (unpaired) electrons. The molecule has 3 atom stereocenters. The third-order valence-corrected chi connectivity index (χ3v) is 8.71. The molecule has 0 aromatic carbocycles. The van der Waals surface area contributed by atoms with Crippen LogP contribution < -0.4 is 0 Å². The lowest BCUT2D eigenvalue weighted by Gasteiger charge is -2.41. The molecule has 3 unspecified atom stereocenters. The standard InChI is InChI=1S/C24H41F3O4S/c1-22(2,15-9-6-10-16-24(25,26)27)23(3,31)17-32-20-14-13-19(28)18(20)11-7-4-5-8-12-21(29)30/h18,20,31H,4-17H2,1-3H3,(H,29,30). The third kappa shape index (κ3) is 10.9. The van der Waals surface area contributed by atoms with Crippen molar-refractivity contribution in [1.29, 1.82) is 0 Å². The fraction of sp³-hybridized carbons (Fsp3) is 0.917. The van der Waals surface area contributed by atoms with E-state index in [1.165, 1.54) is 0 Å². The molecule has 32 heavy (non-hydrogen) atoms. The van der Waals surface area contributed by atoms with Gasteiger partial charge in [-0.2, -0.15) is 24.9 Å². The predicted octanol–water partition coefficient (Wildman–Crippen LogP) is 6.78. The highest BCUT2D eigenvalue weighted by Gasteiger charge is 2.41. The number of rotatable bonds is 16. The van der Waals surface area contributed by atoms with Crippen molar-refractivity contribution in [1.82, 2.24) is 0 Å². The smallest absolute Gasteiger partial charge is 0.389 e. The fourth-order valence-corrected chi connectivity index (χ4v) is 5.96. The molecule has 0 aromatic heterocycles. The molecule has 4 nitrogen and oxygen atoms in total. The molecule has 1 aliphatic carbocycles. The normalized spacial score (nSPS) is 21.7. The van der Waals surface area contributed by atoms with Crippen molar-refractivity contribution in [3.63, 3.8) is 0 Å². The van der Waals surface area contributed by atoms with E-state index in [0.717, 1.165) is 32.1 Å². The van der Waals surface area contributed by atoms with Gasteiger partial charge in [-0.05, 0) is 44.4 Å². The summed E-state index contributed by atoms with van der Waals surface area (Å²) < 4.78 is 36.9. The van der Waals surface area contributed by atoms with Gasteiger partial charge in [0.1, 0.15) is 5.78 Å². The summed E-state index contributed by atoms with van der Waals surface area (Å²) in [5.41, 5.74) is -1.41. The first-order valence-corrected chi connectivity index (χ1v) is 13.0. The van der Waals surface area contributed by atoms with Gasteiger partial charge < -0.3 is 10.2 Å². The number of carboxylic acids is 1. The first-order chi connectivity index (χ1) is 14.8. The SMILES string of the molecule is CC(C)(CCCCCC(F)(F)F)C(C)(O)CSC1CCC(=O)C1CCCCCCC(=O)O. The lowest BCUT2D eigenvalue weighted by atomic mass is 9.73. The maximum atomic E-state index is 12.4. The summed E-state index contributed by atoms with van der Waals surface area (Å²) in [5.74, 6) is 0.0105. The van der Waals surface area contributed by atoms with Crippen molar-refractivity contribution in [3.8, 4) is 0 Å². The molecule has 1 saturated carbocycles. The number of aliphatic carboxylic acids is 1. The quantitative estimate of drug-likeness (QED) is 0.237. The first kappa shape index (κ1) is 29.3. The van der Waals surface area contributed by atoms with E-state index < -0.39 is 29.6 Å². The van der Waals surface area contributed by atoms with Crippen molar-refractivity contribution in [2.45, 2.75) is 121 Å². The Hall–Kier alpha value is -0.760. The van der Waals surface area contributed by atoms with Crippen LogP contribution in [0, 0.1) is 11.3 Å². The molecule has 0 saturated heterocycles. The number of hydrogen-bond acceptors (Lipinski definition) is 4. The number of carboxylic acid groups (broad SMARTS) is 1. The Morgan fingerprint density at radius 3 is 2.22 bits per heavy atom. The van der Waals surface area contributed by atoms with Crippen molar-refractivity contribution < 1.29 is 33.0 Å². The number of unbranched alkanes of at least 4 members (excludes halogenated alkanes) is 5. The second-order valence-electron chi connectivity index (χ2n) is 10.1. The molecule has 0 amide bonds. The summed E-state index contributed by atoms with van der Waals surface area (Å²) in [4.78, 5) is 22.9. The molecule has 0 heterocycles. The second kappa shape index (κ2) is 13.2. The van der Waals surface area contributed by atoms with Gasteiger partial charge in [-0.3, -0.25) is 9.59 Å². The number of aliphatic hydroxyl groups is 1. The highest BCUT2D eigenvalue weighted by molar-refractivity contribution is 8.00. The fourth-order valence-electron chi connectivity index (χ4n) is 4.22. The Morgan fingerprint density at radius 2 is 1.59 bits per heavy atom. The van der Waals surface area contributed by atoms with Crippen LogP contribution in [-0.4, -0.2) is 44.7 Å². The number of thioether (sulfide) groups is 1. The van der Waals surface area contributed by atoms with E-state index in [4.69, 9.17) is 5.11 Å². The van der Waals surface area contributed by atoms with E-state index in [-0.39, 0.29) is 29.8 Å². The Kier molecular flexibility index (Phi) is 12.1. The van der Waals surface area contributed by atoms with Crippen LogP contribution in [0.4, 0.5) is 13.2 Å². The predicted molar refractivity (Wildman–Crippen MR) is 123 cm³/mol. The van der Waals surface area contributed by atoms with Crippen molar-refractivity contribution in [3.05, 3.63) is 0 Å². The monoisotopic (exact) mass is 482 g/mol. The lowest BCUT2D eigenvalue weighted by Crippen LogP contribution is -2.44. The van der Waals surface area contributed by atoms with E-state index in [1.54, 1.807) is 18.7 Å². The van der Waals surface area contributed by atoms with Crippen LogP contribution in [0.3, 0.4) is 0 Å². The third-order valence-electron chi connectivity index (χ3n) is 6.99. The molecular formula is C24H41F3O4S. The highest BCUT2D eigenvalue weighted by atomic mass is 32.2. The van der Waals surface area contributed by atoms with Crippen LogP contribution in [0.25, 0.3) is 0 Å². The molecule has 0 aliphatic heterocycles. The molecule has 2 N–H and O–H groups in total. The van der Waals surface area contributed by atoms with Gasteiger partial charge in [0.05, 0.1) is 5.60 Å². The minimum atomic E-state index is -4.11. The van der Waals surface area contributed by atoms with Crippen LogP contribution in [0.2, 0.25) is 0 Å². The molecule has 1 rings (SSSR count). The maximum absolute atomic E-state index is 12.4. The van der Waals surface area contributed by atoms with Crippen LogP contribution in [0.5, 0.6) is 0 Å². The average Bonchev–Trinajstić information content (AvgIpc) is 3.01. The Morgan fingerprint density at radius 1 is 1.00 bits per heavy atom. The molecule has 0 aromatic rings. The van der Waals surface area contributed by atoms with Crippen molar-refractivity contribution >= 4 is 23.5 Å². The number of alkyl halides is 3. The zero-order valence-electron chi connectivity index (χ0n) is 19.8. The molecule has 8 heteroatoms. The van der Waals surface area contributed by atoms with Gasteiger partial charge in [0.15, 0.2) is 0 Å². The van der Waals surface area contributed by atoms with Gasteiger partial charge in [0.2, 0.25) is 0 Å². The maximum Gasteiger partial charge on any atom is 0.389 e. The molecule has 188 valence electrons. The van der Waals surface area contributed by atoms with Crippen LogP contribution in [-0.2, 0) is 9.59 Å². The summed E-state index contributed by atoms with van der Waals surface area (Å²) in [7, 11) is 0. The summed E-state index contributed by atoms with van der Waals surface area (Å²) >= 11 is 1.65. The Bertz CT molecular complexity index is 590. The average molecular weight is 483 g/mol. The van der Waals surface area contributed by atoms with Gasteiger partial charge in [-0.1, -0.05) is 46.0 Å². The van der Waals surface area contributed by atoms with Gasteiger partial charge in [-0.25, -0.2) is 0 Å². The summed E-state index contributed by atoms with van der Waals surface area (Å²) in [6.45, 7) is 5.72. The van der Waals surface area contributed by atoms with E-state index >= 15 is 0 Å². The highest BCUT2D eigenvalue weighted by Crippen LogP contribution is 2.43. The zero-order chi connectivity index (χ0) is 24.4. The lowest BCUT2D eigenvalue weighted by molar-refractivity contribution is -0.137. The van der Waals surface area contributed by atoms with Gasteiger partial charge in [-0.15, -0.1) is 0 Å². The first-order valence-electron chi connectivity index (χ1n) is 11.9. The summed E-state index contributed by atoms with van der Waals surface area (Å²) in [5, 5.41) is 20.0. The van der Waals surface area contributed by atoms with Crippen LogP contribution in [0.15, 0.2) is 0 Å². The van der Waals surface area contributed by atoms with Gasteiger partial charge in [0.25, 0.3) is 0 Å². The Labute approximate surface area is 195 Å². The van der Waals surface area contributed by atoms with Crippen LogP contribution in [0.1, 0.15) is 104 Å².